The third kappa shape index (κ3) is 1.12. The molecule has 1 aliphatic heterocycles. The predicted octanol–water partition coefficient (Wildman–Crippen LogP) is 1.25. The first-order chi connectivity index (χ1) is 7.40. The number of rotatable bonds is 1. The summed E-state index contributed by atoms with van der Waals surface area (Å²) in [5.41, 5.74) is 0.962. The van der Waals surface area contributed by atoms with E-state index in [2.05, 4.69) is 22.1 Å². The van der Waals surface area contributed by atoms with Crippen molar-refractivity contribution in [1.29, 1.82) is 0 Å². The molecule has 0 unspecified atom stereocenters. The Labute approximate surface area is 86.7 Å². The highest BCUT2D eigenvalue weighted by Gasteiger charge is 2.21. The fourth-order valence-corrected chi connectivity index (χ4v) is 1.75. The maximum Gasteiger partial charge on any atom is 0.170 e. The van der Waals surface area contributed by atoms with Crippen LogP contribution in [0.15, 0.2) is 18.5 Å². The highest BCUT2D eigenvalue weighted by molar-refractivity contribution is 5.64. The number of pyridine rings is 1. The lowest BCUT2D eigenvalue weighted by Gasteiger charge is -2.18. The van der Waals surface area contributed by atoms with E-state index in [-0.39, 0.29) is 0 Å². The first-order valence-electron chi connectivity index (χ1n) is 4.89. The Balaban J connectivity index is 2.22. The number of ether oxygens (including phenoxy) is 1. The minimum absolute atomic E-state index is 0.476. The number of aromatic nitrogens is 4. The normalized spacial score (nSPS) is 12.9. The fraction of sp³-hybridized carbons (Fsp3) is 0.300. The topological polar surface area (TPSA) is 52.8 Å². The molecule has 0 N–H and O–H groups in total. The number of hydrogen-bond acceptors (Lipinski definition) is 4. The fourth-order valence-electron chi connectivity index (χ4n) is 1.75. The van der Waals surface area contributed by atoms with E-state index in [4.69, 9.17) is 4.74 Å². The largest absolute Gasteiger partial charge is 0.470 e. The molecule has 5 nitrogen and oxygen atoms in total. The second-order valence-electron chi connectivity index (χ2n) is 3.37. The van der Waals surface area contributed by atoms with Crippen molar-refractivity contribution in [2.45, 2.75) is 20.1 Å². The molecule has 0 fully saturated rings. The van der Waals surface area contributed by atoms with E-state index in [0.29, 0.717) is 6.73 Å². The van der Waals surface area contributed by atoms with Gasteiger partial charge in [-0.15, -0.1) is 10.2 Å². The molecule has 1 aliphatic rings. The van der Waals surface area contributed by atoms with Gasteiger partial charge < -0.3 is 4.74 Å². The molecule has 15 heavy (non-hydrogen) atoms. The second kappa shape index (κ2) is 3.05. The zero-order chi connectivity index (χ0) is 10.3. The van der Waals surface area contributed by atoms with Crippen molar-refractivity contribution in [3.8, 4) is 17.1 Å². The van der Waals surface area contributed by atoms with Crippen LogP contribution in [0.1, 0.15) is 12.7 Å². The molecular weight excluding hydrogens is 192 g/mol. The summed E-state index contributed by atoms with van der Waals surface area (Å²) in [6.45, 7) is 2.53. The summed E-state index contributed by atoms with van der Waals surface area (Å²) in [6.07, 6.45) is 4.30. The molecule has 0 amide bonds. The Morgan fingerprint density at radius 1 is 1.47 bits per heavy atom. The Morgan fingerprint density at radius 3 is 3.27 bits per heavy atom. The summed E-state index contributed by atoms with van der Waals surface area (Å²) in [7, 11) is 0. The van der Waals surface area contributed by atoms with E-state index in [1.165, 1.54) is 0 Å². The van der Waals surface area contributed by atoms with Gasteiger partial charge in [0.1, 0.15) is 5.82 Å². The van der Waals surface area contributed by atoms with Crippen LogP contribution < -0.4 is 4.74 Å². The molecule has 0 aromatic carbocycles. The van der Waals surface area contributed by atoms with E-state index in [1.807, 2.05) is 10.6 Å². The second-order valence-corrected chi connectivity index (χ2v) is 3.37. The maximum atomic E-state index is 5.57. The molecule has 0 aliphatic carbocycles. The number of nitrogens with zero attached hydrogens (tertiary/aromatic N) is 4. The summed E-state index contributed by atoms with van der Waals surface area (Å²) in [4.78, 5) is 4.02. The van der Waals surface area contributed by atoms with E-state index >= 15 is 0 Å². The van der Waals surface area contributed by atoms with Crippen molar-refractivity contribution in [3.63, 3.8) is 0 Å². The van der Waals surface area contributed by atoms with Crippen LogP contribution >= 0.6 is 0 Å². The molecule has 0 bridgehead atoms. The van der Waals surface area contributed by atoms with Gasteiger partial charge in [-0.1, -0.05) is 6.92 Å². The van der Waals surface area contributed by atoms with Crippen molar-refractivity contribution in [3.05, 3.63) is 24.3 Å². The van der Waals surface area contributed by atoms with Crippen LogP contribution in [0.2, 0.25) is 0 Å². The van der Waals surface area contributed by atoms with Gasteiger partial charge in [0.05, 0.1) is 11.8 Å². The molecule has 3 heterocycles. The van der Waals surface area contributed by atoms with Crippen LogP contribution in [0, 0.1) is 0 Å². The van der Waals surface area contributed by atoms with Gasteiger partial charge in [0.15, 0.2) is 18.3 Å². The molecular formula is C10H10N4O. The first-order valence-corrected chi connectivity index (χ1v) is 4.89. The molecule has 0 saturated carbocycles. The molecule has 3 rings (SSSR count). The quantitative estimate of drug-likeness (QED) is 0.698. The molecule has 0 radical (unpaired) electrons. The van der Waals surface area contributed by atoms with Gasteiger partial charge in [-0.05, 0) is 6.07 Å². The third-order valence-electron chi connectivity index (χ3n) is 2.52. The van der Waals surface area contributed by atoms with Gasteiger partial charge in [-0.2, -0.15) is 0 Å². The highest BCUT2D eigenvalue weighted by atomic mass is 16.5. The molecule has 5 heteroatoms. The van der Waals surface area contributed by atoms with Gasteiger partial charge in [-0.25, -0.2) is 0 Å². The third-order valence-corrected chi connectivity index (χ3v) is 2.52. The molecule has 0 atom stereocenters. The smallest absolute Gasteiger partial charge is 0.170 e. The average Bonchev–Trinajstić information content (AvgIpc) is 2.72. The highest BCUT2D eigenvalue weighted by Crippen LogP contribution is 2.31. The van der Waals surface area contributed by atoms with Gasteiger partial charge in [0, 0.05) is 12.6 Å². The lowest BCUT2D eigenvalue weighted by atomic mass is 10.2. The van der Waals surface area contributed by atoms with Gasteiger partial charge in [0.25, 0.3) is 0 Å². The van der Waals surface area contributed by atoms with Crippen molar-refractivity contribution < 1.29 is 4.74 Å². The minimum atomic E-state index is 0.476. The van der Waals surface area contributed by atoms with Gasteiger partial charge in [-0.3, -0.25) is 9.55 Å². The van der Waals surface area contributed by atoms with E-state index in [1.54, 1.807) is 12.4 Å². The van der Waals surface area contributed by atoms with Gasteiger partial charge in [0.2, 0.25) is 0 Å². The van der Waals surface area contributed by atoms with Crippen molar-refractivity contribution in [2.75, 3.05) is 0 Å². The summed E-state index contributed by atoms with van der Waals surface area (Å²) in [6, 6.07) is 1.90. The predicted molar refractivity (Wildman–Crippen MR) is 53.3 cm³/mol. The summed E-state index contributed by atoms with van der Waals surface area (Å²) in [5.74, 6) is 2.60. The molecule has 2 aromatic heterocycles. The zero-order valence-corrected chi connectivity index (χ0v) is 8.34. The first kappa shape index (κ1) is 8.40. The van der Waals surface area contributed by atoms with Crippen molar-refractivity contribution >= 4 is 0 Å². The standard InChI is InChI=1S/C10H10N4O/c1-2-9-12-13-10-7-3-4-11-5-8(7)15-6-14(9)10/h3-5H,2,6H2,1H3. The van der Waals surface area contributed by atoms with Crippen molar-refractivity contribution in [2.24, 2.45) is 0 Å². The lowest BCUT2D eigenvalue weighted by molar-refractivity contribution is 0.225. The summed E-state index contributed by atoms with van der Waals surface area (Å²) in [5, 5.41) is 8.30. The Kier molecular flexibility index (Phi) is 1.71. The van der Waals surface area contributed by atoms with E-state index in [0.717, 1.165) is 29.4 Å². The van der Waals surface area contributed by atoms with Crippen LogP contribution in [0.5, 0.6) is 5.75 Å². The number of fused-ring (bicyclic) bond motifs is 3. The lowest BCUT2D eigenvalue weighted by Crippen LogP contribution is -2.15. The molecule has 0 spiro atoms. The number of hydrogen-bond donors (Lipinski definition) is 0. The summed E-state index contributed by atoms with van der Waals surface area (Å²) >= 11 is 0. The van der Waals surface area contributed by atoms with E-state index < -0.39 is 0 Å². The monoisotopic (exact) mass is 202 g/mol. The number of aryl methyl sites for hydroxylation is 1. The average molecular weight is 202 g/mol. The van der Waals surface area contributed by atoms with Crippen LogP contribution in [0.3, 0.4) is 0 Å². The van der Waals surface area contributed by atoms with Gasteiger partial charge >= 0.3 is 0 Å². The Bertz CT molecular complexity index is 506. The molecule has 2 aromatic rings. The molecule has 76 valence electrons. The Hall–Kier alpha value is -1.91. The molecule has 0 saturated heterocycles. The van der Waals surface area contributed by atoms with Crippen LogP contribution in [-0.4, -0.2) is 19.7 Å². The van der Waals surface area contributed by atoms with Crippen molar-refractivity contribution in [1.82, 2.24) is 19.7 Å². The van der Waals surface area contributed by atoms with E-state index in [9.17, 15) is 0 Å². The minimum Gasteiger partial charge on any atom is -0.470 e. The maximum absolute atomic E-state index is 5.57. The SMILES string of the molecule is CCc1nnc2n1COc1cnccc1-2. The summed E-state index contributed by atoms with van der Waals surface area (Å²) < 4.78 is 7.56. The Morgan fingerprint density at radius 2 is 2.40 bits per heavy atom. The van der Waals surface area contributed by atoms with Crippen LogP contribution in [-0.2, 0) is 13.2 Å². The zero-order valence-electron chi connectivity index (χ0n) is 8.34. The van der Waals surface area contributed by atoms with Crippen LogP contribution in [0.4, 0.5) is 0 Å². The van der Waals surface area contributed by atoms with Crippen LogP contribution in [0.25, 0.3) is 11.4 Å².